The Morgan fingerprint density at radius 1 is 1.32 bits per heavy atom. The molecule has 19 heavy (non-hydrogen) atoms. The van der Waals surface area contributed by atoms with Gasteiger partial charge in [0.05, 0.1) is 0 Å². The smallest absolute Gasteiger partial charge is 0.169 e. The molecule has 0 spiro atoms. The molecule has 1 aliphatic heterocycles. The number of aromatic hydroxyl groups is 2. The second-order valence-corrected chi connectivity index (χ2v) is 5.45. The van der Waals surface area contributed by atoms with Crippen LogP contribution >= 0.6 is 0 Å². The summed E-state index contributed by atoms with van der Waals surface area (Å²) in [6.07, 6.45) is 7.81. The van der Waals surface area contributed by atoms with Crippen LogP contribution in [0.4, 0.5) is 0 Å². The SMILES string of the molecule is CC(C)=CCCC1(C)C=Cc2cc(O)cc(O)c2O1. The fraction of sp³-hybridized carbons (Fsp3) is 0.375. The Hall–Kier alpha value is -1.90. The molecule has 2 N–H and O–H groups in total. The molecule has 0 saturated heterocycles. The van der Waals surface area contributed by atoms with Gasteiger partial charge in [0.2, 0.25) is 0 Å². The highest BCUT2D eigenvalue weighted by atomic mass is 16.5. The third kappa shape index (κ3) is 3.11. The van der Waals surface area contributed by atoms with Crippen LogP contribution in [0, 0.1) is 0 Å². The first-order valence-electron chi connectivity index (χ1n) is 6.47. The maximum Gasteiger partial charge on any atom is 0.169 e. The minimum Gasteiger partial charge on any atom is -0.508 e. The lowest BCUT2D eigenvalue weighted by Gasteiger charge is -2.31. The zero-order valence-electron chi connectivity index (χ0n) is 11.6. The van der Waals surface area contributed by atoms with Crippen molar-refractivity contribution in [2.45, 2.75) is 39.2 Å². The van der Waals surface area contributed by atoms with Crippen LogP contribution in [0.15, 0.2) is 29.9 Å². The van der Waals surface area contributed by atoms with Crippen molar-refractivity contribution in [3.63, 3.8) is 0 Å². The highest BCUT2D eigenvalue weighted by molar-refractivity contribution is 5.67. The maximum atomic E-state index is 9.85. The molecular weight excluding hydrogens is 240 g/mol. The normalized spacial score (nSPS) is 20.6. The second kappa shape index (κ2) is 5.00. The molecule has 2 rings (SSSR count). The van der Waals surface area contributed by atoms with Crippen molar-refractivity contribution in [3.8, 4) is 17.2 Å². The molecule has 0 aromatic heterocycles. The van der Waals surface area contributed by atoms with Crippen molar-refractivity contribution in [1.29, 1.82) is 0 Å². The zero-order valence-corrected chi connectivity index (χ0v) is 11.6. The summed E-state index contributed by atoms with van der Waals surface area (Å²) in [5.74, 6) is 0.463. The van der Waals surface area contributed by atoms with E-state index in [0.717, 1.165) is 12.8 Å². The summed E-state index contributed by atoms with van der Waals surface area (Å²) in [5.41, 5.74) is 1.57. The first-order chi connectivity index (χ1) is 8.89. The molecule has 0 radical (unpaired) electrons. The standard InChI is InChI=1S/C16H20O3/c1-11(2)5-4-7-16(3)8-6-12-9-13(17)10-14(18)15(12)19-16/h5-6,8-10,17-18H,4,7H2,1-3H3. The van der Waals surface area contributed by atoms with E-state index < -0.39 is 5.60 Å². The average molecular weight is 260 g/mol. The molecular formula is C16H20O3. The van der Waals surface area contributed by atoms with Gasteiger partial charge in [0.1, 0.15) is 11.4 Å². The van der Waals surface area contributed by atoms with Gasteiger partial charge in [-0.05, 0) is 45.8 Å². The molecule has 3 nitrogen and oxygen atoms in total. The average Bonchev–Trinajstić information content (AvgIpc) is 2.30. The van der Waals surface area contributed by atoms with E-state index >= 15 is 0 Å². The summed E-state index contributed by atoms with van der Waals surface area (Å²) in [7, 11) is 0. The van der Waals surface area contributed by atoms with E-state index in [1.807, 2.05) is 19.1 Å². The number of allylic oxidation sites excluding steroid dienone is 2. The lowest BCUT2D eigenvalue weighted by Crippen LogP contribution is -2.31. The first-order valence-corrected chi connectivity index (χ1v) is 6.47. The molecule has 0 aliphatic carbocycles. The molecule has 0 amide bonds. The van der Waals surface area contributed by atoms with E-state index in [9.17, 15) is 10.2 Å². The van der Waals surface area contributed by atoms with Crippen molar-refractivity contribution in [2.24, 2.45) is 0 Å². The molecule has 0 fully saturated rings. The fourth-order valence-corrected chi connectivity index (χ4v) is 2.17. The Morgan fingerprint density at radius 3 is 2.74 bits per heavy atom. The topological polar surface area (TPSA) is 49.7 Å². The zero-order chi connectivity index (χ0) is 14.0. The summed E-state index contributed by atoms with van der Waals surface area (Å²) < 4.78 is 5.91. The van der Waals surface area contributed by atoms with Gasteiger partial charge < -0.3 is 14.9 Å². The van der Waals surface area contributed by atoms with Crippen molar-refractivity contribution >= 4 is 6.08 Å². The van der Waals surface area contributed by atoms with Gasteiger partial charge in [0.15, 0.2) is 11.5 Å². The Labute approximate surface area is 113 Å². The predicted molar refractivity (Wildman–Crippen MR) is 76.5 cm³/mol. The van der Waals surface area contributed by atoms with Crippen LogP contribution in [-0.4, -0.2) is 15.8 Å². The third-order valence-electron chi connectivity index (χ3n) is 3.23. The van der Waals surface area contributed by atoms with Crippen LogP contribution in [-0.2, 0) is 0 Å². The van der Waals surface area contributed by atoms with E-state index in [-0.39, 0.29) is 11.5 Å². The lowest BCUT2D eigenvalue weighted by molar-refractivity contribution is 0.123. The number of hydrogen-bond donors (Lipinski definition) is 2. The highest BCUT2D eigenvalue weighted by Gasteiger charge is 2.28. The van der Waals surface area contributed by atoms with Crippen LogP contribution in [0.2, 0.25) is 0 Å². The molecule has 1 unspecified atom stereocenters. The van der Waals surface area contributed by atoms with Crippen LogP contribution in [0.5, 0.6) is 17.2 Å². The van der Waals surface area contributed by atoms with E-state index in [1.165, 1.54) is 11.6 Å². The summed E-state index contributed by atoms with van der Waals surface area (Å²) in [6, 6.07) is 2.88. The summed E-state index contributed by atoms with van der Waals surface area (Å²) >= 11 is 0. The largest absolute Gasteiger partial charge is 0.508 e. The summed E-state index contributed by atoms with van der Waals surface area (Å²) in [5, 5.41) is 19.3. The Morgan fingerprint density at radius 2 is 2.05 bits per heavy atom. The number of rotatable bonds is 3. The van der Waals surface area contributed by atoms with Crippen LogP contribution < -0.4 is 4.74 Å². The first kappa shape index (κ1) is 13.5. The van der Waals surface area contributed by atoms with Crippen LogP contribution in [0.1, 0.15) is 39.2 Å². The minimum atomic E-state index is -0.423. The summed E-state index contributed by atoms with van der Waals surface area (Å²) in [6.45, 7) is 6.14. The Balaban J connectivity index is 2.20. The van der Waals surface area contributed by atoms with Crippen molar-refractivity contribution in [1.82, 2.24) is 0 Å². The van der Waals surface area contributed by atoms with E-state index in [2.05, 4.69) is 19.9 Å². The number of phenolic OH excluding ortho intramolecular Hbond substituents is 2. The number of ether oxygens (including phenoxy) is 1. The fourth-order valence-electron chi connectivity index (χ4n) is 2.17. The molecule has 102 valence electrons. The third-order valence-corrected chi connectivity index (χ3v) is 3.23. The number of phenols is 2. The van der Waals surface area contributed by atoms with Gasteiger partial charge in [0.25, 0.3) is 0 Å². The van der Waals surface area contributed by atoms with E-state index in [1.54, 1.807) is 6.07 Å². The monoisotopic (exact) mass is 260 g/mol. The molecule has 3 heteroatoms. The molecule has 1 aliphatic rings. The van der Waals surface area contributed by atoms with E-state index in [4.69, 9.17) is 4.74 Å². The lowest BCUT2D eigenvalue weighted by atomic mass is 9.94. The number of benzene rings is 1. The van der Waals surface area contributed by atoms with Gasteiger partial charge >= 0.3 is 0 Å². The van der Waals surface area contributed by atoms with Crippen LogP contribution in [0.25, 0.3) is 6.08 Å². The quantitative estimate of drug-likeness (QED) is 0.807. The molecule has 0 bridgehead atoms. The maximum absolute atomic E-state index is 9.85. The predicted octanol–water partition coefficient (Wildman–Crippen LogP) is 4.01. The van der Waals surface area contributed by atoms with E-state index in [0.29, 0.717) is 11.3 Å². The van der Waals surface area contributed by atoms with Crippen molar-refractivity contribution in [3.05, 3.63) is 35.4 Å². The van der Waals surface area contributed by atoms with Gasteiger partial charge in [-0.3, -0.25) is 0 Å². The van der Waals surface area contributed by atoms with Gasteiger partial charge in [-0.2, -0.15) is 0 Å². The van der Waals surface area contributed by atoms with Crippen molar-refractivity contribution in [2.75, 3.05) is 0 Å². The Kier molecular flexibility index (Phi) is 3.56. The molecule has 1 aromatic rings. The van der Waals surface area contributed by atoms with Gasteiger partial charge in [0, 0.05) is 11.6 Å². The molecule has 1 heterocycles. The van der Waals surface area contributed by atoms with Gasteiger partial charge in [-0.25, -0.2) is 0 Å². The summed E-state index contributed by atoms with van der Waals surface area (Å²) in [4.78, 5) is 0. The number of fused-ring (bicyclic) bond motifs is 1. The van der Waals surface area contributed by atoms with Crippen molar-refractivity contribution < 1.29 is 14.9 Å². The van der Waals surface area contributed by atoms with Gasteiger partial charge in [-0.15, -0.1) is 0 Å². The molecule has 1 aromatic carbocycles. The van der Waals surface area contributed by atoms with Crippen LogP contribution in [0.3, 0.4) is 0 Å². The Bertz CT molecular complexity index is 539. The number of hydrogen-bond acceptors (Lipinski definition) is 3. The van der Waals surface area contributed by atoms with Gasteiger partial charge in [-0.1, -0.05) is 17.7 Å². The second-order valence-electron chi connectivity index (χ2n) is 5.45. The molecule has 0 saturated carbocycles. The molecule has 1 atom stereocenters. The minimum absolute atomic E-state index is 0.0206. The highest BCUT2D eigenvalue weighted by Crippen LogP contribution is 2.41.